The topological polar surface area (TPSA) is 54.6 Å². The minimum atomic E-state index is -4.24. The molecule has 0 radical (unpaired) electrons. The largest absolute Gasteiger partial charge is 0.411 e. The number of aromatic nitrogens is 2. The molecule has 0 bridgehead atoms. The molecule has 0 aliphatic carbocycles. The van der Waals surface area contributed by atoms with E-state index >= 15 is 0 Å². The van der Waals surface area contributed by atoms with E-state index < -0.39 is 12.8 Å². The van der Waals surface area contributed by atoms with Gasteiger partial charge in [0.05, 0.1) is 6.54 Å². The molecule has 23 heavy (non-hydrogen) atoms. The number of aryl methyl sites for hydroxylation is 1. The van der Waals surface area contributed by atoms with E-state index in [9.17, 15) is 13.2 Å². The normalized spacial score (nSPS) is 17.7. The highest BCUT2D eigenvalue weighted by atomic mass is 19.4. The summed E-state index contributed by atoms with van der Waals surface area (Å²) in [4.78, 5) is 8.76. The summed E-state index contributed by atoms with van der Waals surface area (Å²) in [5.74, 6) is 1.35. The lowest BCUT2D eigenvalue weighted by atomic mass is 10.3. The van der Waals surface area contributed by atoms with Crippen LogP contribution < -0.4 is 0 Å². The second kappa shape index (κ2) is 8.60. The van der Waals surface area contributed by atoms with Crippen LogP contribution in [0.4, 0.5) is 13.2 Å². The Morgan fingerprint density at radius 1 is 1.17 bits per heavy atom. The van der Waals surface area contributed by atoms with Crippen molar-refractivity contribution in [3.8, 4) is 0 Å². The van der Waals surface area contributed by atoms with Crippen molar-refractivity contribution in [3.05, 3.63) is 11.7 Å². The molecule has 2 heterocycles. The lowest BCUT2D eigenvalue weighted by Gasteiger charge is -2.33. The van der Waals surface area contributed by atoms with Crippen molar-refractivity contribution in [2.24, 2.45) is 0 Å². The van der Waals surface area contributed by atoms with Crippen molar-refractivity contribution in [1.29, 1.82) is 0 Å². The third-order valence-corrected chi connectivity index (χ3v) is 3.68. The second-order valence-electron chi connectivity index (χ2n) is 5.60. The summed E-state index contributed by atoms with van der Waals surface area (Å²) in [6.07, 6.45) is -2.87. The van der Waals surface area contributed by atoms with Crippen LogP contribution in [0.5, 0.6) is 0 Å². The van der Waals surface area contributed by atoms with Crippen molar-refractivity contribution < 1.29 is 22.4 Å². The van der Waals surface area contributed by atoms with Gasteiger partial charge in [-0.15, -0.1) is 0 Å². The molecule has 2 rings (SSSR count). The Bertz CT molecular complexity index is 459. The second-order valence-corrected chi connectivity index (χ2v) is 5.60. The van der Waals surface area contributed by atoms with Gasteiger partial charge in [0.25, 0.3) is 0 Å². The van der Waals surface area contributed by atoms with Crippen molar-refractivity contribution in [1.82, 2.24) is 19.9 Å². The first-order valence-corrected chi connectivity index (χ1v) is 7.87. The van der Waals surface area contributed by atoms with E-state index in [-0.39, 0.29) is 6.61 Å². The van der Waals surface area contributed by atoms with Crippen LogP contribution in [0.25, 0.3) is 0 Å². The van der Waals surface area contributed by atoms with Gasteiger partial charge in [-0.05, 0) is 6.42 Å². The van der Waals surface area contributed by atoms with Gasteiger partial charge in [-0.1, -0.05) is 12.1 Å². The van der Waals surface area contributed by atoms with Crippen LogP contribution >= 0.6 is 0 Å². The molecule has 0 aromatic carbocycles. The minimum absolute atomic E-state index is 0.140. The van der Waals surface area contributed by atoms with Crippen LogP contribution in [0.15, 0.2) is 4.52 Å². The fourth-order valence-corrected chi connectivity index (χ4v) is 2.44. The molecule has 0 N–H and O–H groups in total. The standard InChI is InChI=1S/C14H23F3N4O2/c1-2-12-18-13(23-19-12)10-21-7-5-20(6-8-21)4-3-9-22-11-14(15,16)17/h2-11H2,1H3. The molecule has 0 atom stereocenters. The predicted octanol–water partition coefficient (Wildman–Crippen LogP) is 1.72. The van der Waals surface area contributed by atoms with Gasteiger partial charge in [0, 0.05) is 45.8 Å². The molecular formula is C14H23F3N4O2. The smallest absolute Gasteiger partial charge is 0.372 e. The van der Waals surface area contributed by atoms with Gasteiger partial charge >= 0.3 is 6.18 Å². The van der Waals surface area contributed by atoms with Crippen molar-refractivity contribution >= 4 is 0 Å². The molecule has 1 aromatic heterocycles. The Hall–Kier alpha value is -1.19. The van der Waals surface area contributed by atoms with Gasteiger partial charge in [-0.3, -0.25) is 4.90 Å². The molecule has 1 aromatic rings. The third kappa shape index (κ3) is 6.84. The minimum Gasteiger partial charge on any atom is -0.372 e. The van der Waals surface area contributed by atoms with Crippen LogP contribution in [-0.4, -0.2) is 72.1 Å². The highest BCUT2D eigenvalue weighted by Gasteiger charge is 2.27. The first kappa shape index (κ1) is 18.2. The first-order chi connectivity index (χ1) is 11.0. The molecule has 1 fully saturated rings. The summed E-state index contributed by atoms with van der Waals surface area (Å²) in [6, 6.07) is 0. The van der Waals surface area contributed by atoms with Gasteiger partial charge in [-0.2, -0.15) is 18.2 Å². The average Bonchev–Trinajstić information content (AvgIpc) is 2.95. The zero-order valence-corrected chi connectivity index (χ0v) is 13.3. The van der Waals surface area contributed by atoms with Crippen LogP contribution in [-0.2, 0) is 17.7 Å². The summed E-state index contributed by atoms with van der Waals surface area (Å²) in [6.45, 7) is 5.89. The average molecular weight is 336 g/mol. The van der Waals surface area contributed by atoms with Crippen molar-refractivity contribution in [2.45, 2.75) is 32.5 Å². The molecule has 0 amide bonds. The van der Waals surface area contributed by atoms with E-state index in [1.54, 1.807) is 0 Å². The lowest BCUT2D eigenvalue weighted by molar-refractivity contribution is -0.174. The zero-order chi connectivity index (χ0) is 16.7. The molecule has 0 spiro atoms. The maximum Gasteiger partial charge on any atom is 0.411 e. The number of alkyl halides is 3. The predicted molar refractivity (Wildman–Crippen MR) is 76.9 cm³/mol. The Labute approximate surface area is 133 Å². The molecule has 0 saturated carbocycles. The number of piperazine rings is 1. The number of rotatable bonds is 8. The lowest BCUT2D eigenvalue weighted by Crippen LogP contribution is -2.46. The van der Waals surface area contributed by atoms with Gasteiger partial charge in [0.1, 0.15) is 6.61 Å². The Morgan fingerprint density at radius 2 is 1.87 bits per heavy atom. The highest BCUT2D eigenvalue weighted by molar-refractivity contribution is 4.86. The summed E-state index contributed by atoms with van der Waals surface area (Å²) in [7, 11) is 0. The van der Waals surface area contributed by atoms with E-state index in [0.29, 0.717) is 18.9 Å². The Morgan fingerprint density at radius 3 is 2.48 bits per heavy atom. The van der Waals surface area contributed by atoms with Crippen molar-refractivity contribution in [3.63, 3.8) is 0 Å². The molecule has 6 nitrogen and oxygen atoms in total. The van der Waals surface area contributed by atoms with E-state index in [0.717, 1.165) is 45.0 Å². The SMILES string of the molecule is CCc1noc(CN2CCN(CCCOCC(F)(F)F)CC2)n1. The summed E-state index contributed by atoms with van der Waals surface area (Å²) in [5, 5.41) is 3.87. The third-order valence-electron chi connectivity index (χ3n) is 3.68. The van der Waals surface area contributed by atoms with E-state index in [1.165, 1.54) is 0 Å². The Balaban J connectivity index is 1.57. The number of nitrogens with zero attached hydrogens (tertiary/aromatic N) is 4. The maximum atomic E-state index is 11.9. The molecule has 132 valence electrons. The van der Waals surface area contributed by atoms with E-state index in [2.05, 4.69) is 24.7 Å². The molecule has 1 saturated heterocycles. The number of hydrogen-bond acceptors (Lipinski definition) is 6. The summed E-state index contributed by atoms with van der Waals surface area (Å²) < 4.78 is 45.6. The molecular weight excluding hydrogens is 313 g/mol. The van der Waals surface area contributed by atoms with Crippen LogP contribution in [0, 0.1) is 0 Å². The Kier molecular flexibility index (Phi) is 6.79. The number of hydrogen-bond donors (Lipinski definition) is 0. The molecule has 1 aliphatic heterocycles. The molecule has 9 heteroatoms. The fourth-order valence-electron chi connectivity index (χ4n) is 2.44. The van der Waals surface area contributed by atoms with E-state index in [1.807, 2.05) is 6.92 Å². The zero-order valence-electron chi connectivity index (χ0n) is 13.3. The van der Waals surface area contributed by atoms with Gasteiger partial charge in [0.15, 0.2) is 5.82 Å². The molecule has 1 aliphatic rings. The number of halogens is 3. The summed E-state index contributed by atoms with van der Waals surface area (Å²) in [5.41, 5.74) is 0. The van der Waals surface area contributed by atoms with Crippen LogP contribution in [0.1, 0.15) is 25.1 Å². The quantitative estimate of drug-likeness (QED) is 0.674. The van der Waals surface area contributed by atoms with Crippen molar-refractivity contribution in [2.75, 3.05) is 45.9 Å². The number of ether oxygens (including phenoxy) is 1. The van der Waals surface area contributed by atoms with Gasteiger partial charge in [-0.25, -0.2) is 0 Å². The molecule has 0 unspecified atom stereocenters. The van der Waals surface area contributed by atoms with Gasteiger partial charge < -0.3 is 14.2 Å². The van der Waals surface area contributed by atoms with Gasteiger partial charge in [0.2, 0.25) is 5.89 Å². The van der Waals surface area contributed by atoms with E-state index in [4.69, 9.17) is 4.52 Å². The first-order valence-electron chi connectivity index (χ1n) is 7.87. The van der Waals surface area contributed by atoms with Crippen LogP contribution in [0.3, 0.4) is 0 Å². The fraction of sp³-hybridized carbons (Fsp3) is 0.857. The monoisotopic (exact) mass is 336 g/mol. The van der Waals surface area contributed by atoms with Crippen LogP contribution in [0.2, 0.25) is 0 Å². The highest BCUT2D eigenvalue weighted by Crippen LogP contribution is 2.14. The maximum absolute atomic E-state index is 11.9. The summed E-state index contributed by atoms with van der Waals surface area (Å²) >= 11 is 0.